The Hall–Kier alpha value is -3.73. The van der Waals surface area contributed by atoms with Crippen molar-refractivity contribution in [2.45, 2.75) is 6.54 Å². The minimum absolute atomic E-state index is 0.640. The third-order valence-corrected chi connectivity index (χ3v) is 4.42. The van der Waals surface area contributed by atoms with Gasteiger partial charge in [0.05, 0.1) is 5.69 Å². The number of hydrogen-bond acceptors (Lipinski definition) is 5. The van der Waals surface area contributed by atoms with Crippen molar-refractivity contribution in [2.75, 3.05) is 17.3 Å². The molecule has 0 saturated carbocycles. The zero-order valence-corrected chi connectivity index (χ0v) is 15.7. The number of pyridine rings is 1. The summed E-state index contributed by atoms with van der Waals surface area (Å²) in [7, 11) is 1.98. The van der Waals surface area contributed by atoms with E-state index in [-0.39, 0.29) is 0 Å². The van der Waals surface area contributed by atoms with Gasteiger partial charge in [-0.3, -0.25) is 4.98 Å². The third-order valence-electron chi connectivity index (χ3n) is 4.42. The molecule has 2 aromatic heterocycles. The number of hydrogen-bond donors (Lipinski definition) is 1. The number of nitrogens with one attached hydrogen (secondary N) is 1. The van der Waals surface area contributed by atoms with Gasteiger partial charge in [-0.25, -0.2) is 4.98 Å². The molecule has 138 valence electrons. The number of rotatable bonds is 6. The average molecular weight is 367 g/mol. The summed E-state index contributed by atoms with van der Waals surface area (Å²) in [5.74, 6) is 1.41. The molecule has 0 saturated heterocycles. The summed E-state index contributed by atoms with van der Waals surface area (Å²) in [6.07, 6.45) is 3.62. The van der Waals surface area contributed by atoms with Crippen LogP contribution in [0, 0.1) is 0 Å². The molecule has 0 spiro atoms. The molecule has 5 heteroatoms. The lowest BCUT2D eigenvalue weighted by atomic mass is 10.1. The van der Waals surface area contributed by atoms with Gasteiger partial charge >= 0.3 is 0 Å². The predicted octanol–water partition coefficient (Wildman–Crippen LogP) is 4.92. The number of benzene rings is 2. The summed E-state index contributed by atoms with van der Waals surface area (Å²) >= 11 is 0. The molecule has 4 aromatic rings. The minimum atomic E-state index is 0.640. The number of para-hydroxylation sites is 1. The molecule has 0 fully saturated rings. The normalized spacial score (nSPS) is 10.5. The van der Waals surface area contributed by atoms with Crippen LogP contribution in [0.1, 0.15) is 5.56 Å². The van der Waals surface area contributed by atoms with E-state index in [0.29, 0.717) is 12.5 Å². The molecule has 1 N–H and O–H groups in total. The molecule has 0 aliphatic heterocycles. The van der Waals surface area contributed by atoms with Crippen molar-refractivity contribution in [3.8, 4) is 11.3 Å². The highest BCUT2D eigenvalue weighted by Gasteiger charge is 2.12. The van der Waals surface area contributed by atoms with Crippen LogP contribution in [0.15, 0.2) is 91.3 Å². The maximum absolute atomic E-state index is 4.80. The highest BCUT2D eigenvalue weighted by Crippen LogP contribution is 2.26. The second kappa shape index (κ2) is 8.31. The second-order valence-electron chi connectivity index (χ2n) is 6.41. The zero-order valence-electron chi connectivity index (χ0n) is 15.7. The Balaban J connectivity index is 1.69. The molecular formula is C23H21N5. The van der Waals surface area contributed by atoms with Gasteiger partial charge in [0.2, 0.25) is 5.95 Å². The third kappa shape index (κ3) is 4.15. The van der Waals surface area contributed by atoms with Crippen LogP contribution in [0.3, 0.4) is 0 Å². The van der Waals surface area contributed by atoms with E-state index in [9.17, 15) is 0 Å². The molecule has 2 aromatic carbocycles. The fourth-order valence-electron chi connectivity index (χ4n) is 2.89. The molecule has 0 amide bonds. The molecular weight excluding hydrogens is 346 g/mol. The molecule has 28 heavy (non-hydrogen) atoms. The lowest BCUT2D eigenvalue weighted by Crippen LogP contribution is -2.14. The Morgan fingerprint density at radius 1 is 0.857 bits per heavy atom. The maximum atomic E-state index is 4.80. The fourth-order valence-corrected chi connectivity index (χ4v) is 2.89. The number of nitrogens with zero attached hydrogens (tertiary/aromatic N) is 4. The molecule has 2 heterocycles. The van der Waals surface area contributed by atoms with Crippen molar-refractivity contribution in [3.05, 3.63) is 96.8 Å². The molecule has 0 bridgehead atoms. The Kier molecular flexibility index (Phi) is 5.24. The predicted molar refractivity (Wildman–Crippen MR) is 114 cm³/mol. The van der Waals surface area contributed by atoms with E-state index in [2.05, 4.69) is 22.4 Å². The smallest absolute Gasteiger partial charge is 0.232 e. The van der Waals surface area contributed by atoms with Crippen LogP contribution in [0.5, 0.6) is 0 Å². The van der Waals surface area contributed by atoms with Crippen molar-refractivity contribution < 1.29 is 0 Å². The Bertz CT molecular complexity index is 1020. The molecule has 0 aliphatic carbocycles. The van der Waals surface area contributed by atoms with Crippen LogP contribution in [0.25, 0.3) is 11.3 Å². The minimum Gasteiger partial charge on any atom is -0.366 e. The highest BCUT2D eigenvalue weighted by molar-refractivity contribution is 5.67. The molecule has 0 aliphatic rings. The highest BCUT2D eigenvalue weighted by atomic mass is 15.3. The van der Waals surface area contributed by atoms with Crippen LogP contribution in [-0.2, 0) is 6.54 Å². The monoisotopic (exact) mass is 367 g/mol. The van der Waals surface area contributed by atoms with Gasteiger partial charge in [0.1, 0.15) is 5.82 Å². The lowest BCUT2D eigenvalue weighted by Gasteiger charge is -2.19. The van der Waals surface area contributed by atoms with Crippen molar-refractivity contribution in [3.63, 3.8) is 0 Å². The van der Waals surface area contributed by atoms with Crippen molar-refractivity contribution in [1.82, 2.24) is 15.0 Å². The van der Waals surface area contributed by atoms with E-state index in [4.69, 9.17) is 9.97 Å². The maximum Gasteiger partial charge on any atom is 0.232 e. The summed E-state index contributed by atoms with van der Waals surface area (Å²) in [5.41, 5.74) is 4.06. The average Bonchev–Trinajstić information content (AvgIpc) is 2.79. The molecule has 0 unspecified atom stereocenters. The van der Waals surface area contributed by atoms with Gasteiger partial charge in [-0.05, 0) is 23.8 Å². The van der Waals surface area contributed by atoms with E-state index in [1.807, 2.05) is 84.9 Å². The first-order valence-electron chi connectivity index (χ1n) is 9.16. The van der Waals surface area contributed by atoms with E-state index >= 15 is 0 Å². The standard InChI is InChI=1S/C23H21N5/c1-28(20-12-6-3-7-13-20)23-26-21(19-10-4-2-5-11-19)15-22(27-23)25-17-18-9-8-14-24-16-18/h2-16H,17H2,1H3,(H,25,26,27). The van der Waals surface area contributed by atoms with Crippen LogP contribution < -0.4 is 10.2 Å². The summed E-state index contributed by atoms with van der Waals surface area (Å²) in [6, 6.07) is 26.2. The number of aromatic nitrogens is 3. The van der Waals surface area contributed by atoms with Crippen molar-refractivity contribution in [1.29, 1.82) is 0 Å². The lowest BCUT2D eigenvalue weighted by molar-refractivity contribution is 1.02. The van der Waals surface area contributed by atoms with Gasteiger partial charge in [0, 0.05) is 43.3 Å². The summed E-state index contributed by atoms with van der Waals surface area (Å²) in [5, 5.41) is 3.40. The first-order valence-corrected chi connectivity index (χ1v) is 9.16. The first-order chi connectivity index (χ1) is 13.8. The Morgan fingerprint density at radius 2 is 1.61 bits per heavy atom. The van der Waals surface area contributed by atoms with Gasteiger partial charge in [-0.2, -0.15) is 4.98 Å². The quantitative estimate of drug-likeness (QED) is 0.524. The van der Waals surface area contributed by atoms with E-state index in [0.717, 1.165) is 28.3 Å². The summed E-state index contributed by atoms with van der Waals surface area (Å²) in [4.78, 5) is 15.7. The van der Waals surface area contributed by atoms with Gasteiger partial charge in [0.25, 0.3) is 0 Å². The van der Waals surface area contributed by atoms with Crippen LogP contribution in [0.2, 0.25) is 0 Å². The van der Waals surface area contributed by atoms with Crippen LogP contribution in [0.4, 0.5) is 17.5 Å². The van der Waals surface area contributed by atoms with Crippen LogP contribution >= 0.6 is 0 Å². The topological polar surface area (TPSA) is 53.9 Å². The summed E-state index contributed by atoms with van der Waals surface area (Å²) < 4.78 is 0. The Morgan fingerprint density at radius 3 is 2.32 bits per heavy atom. The van der Waals surface area contributed by atoms with E-state index < -0.39 is 0 Å². The Labute approximate surface area is 164 Å². The number of anilines is 3. The van der Waals surface area contributed by atoms with Gasteiger partial charge in [-0.15, -0.1) is 0 Å². The first kappa shape index (κ1) is 17.7. The molecule has 0 radical (unpaired) electrons. The zero-order chi connectivity index (χ0) is 19.2. The fraction of sp³-hybridized carbons (Fsp3) is 0.0870. The molecule has 4 rings (SSSR count). The van der Waals surface area contributed by atoms with E-state index in [1.54, 1.807) is 6.20 Å². The van der Waals surface area contributed by atoms with E-state index in [1.165, 1.54) is 0 Å². The summed E-state index contributed by atoms with van der Waals surface area (Å²) in [6.45, 7) is 0.646. The van der Waals surface area contributed by atoms with Crippen molar-refractivity contribution >= 4 is 17.5 Å². The molecule has 0 atom stereocenters. The van der Waals surface area contributed by atoms with Gasteiger partial charge < -0.3 is 10.2 Å². The van der Waals surface area contributed by atoms with Crippen LogP contribution in [-0.4, -0.2) is 22.0 Å². The van der Waals surface area contributed by atoms with Gasteiger partial charge in [-0.1, -0.05) is 54.6 Å². The largest absolute Gasteiger partial charge is 0.366 e. The second-order valence-corrected chi connectivity index (χ2v) is 6.41. The molecule has 5 nitrogen and oxygen atoms in total. The van der Waals surface area contributed by atoms with Gasteiger partial charge in [0.15, 0.2) is 0 Å². The SMILES string of the molecule is CN(c1ccccc1)c1nc(NCc2cccnc2)cc(-c2ccccc2)n1. The van der Waals surface area contributed by atoms with Crippen molar-refractivity contribution in [2.24, 2.45) is 0 Å².